The van der Waals surface area contributed by atoms with Crippen molar-refractivity contribution >= 4 is 16.1 Å². The Labute approximate surface area is 132 Å². The molecule has 0 aliphatic rings. The van der Waals surface area contributed by atoms with E-state index in [9.17, 15) is 13.2 Å². The lowest BCUT2D eigenvalue weighted by Crippen LogP contribution is -2.41. The van der Waals surface area contributed by atoms with Crippen molar-refractivity contribution in [3.05, 3.63) is 35.9 Å². The molecule has 0 heterocycles. The van der Waals surface area contributed by atoms with Gasteiger partial charge in [0, 0.05) is 12.6 Å². The van der Waals surface area contributed by atoms with Crippen LogP contribution in [0.5, 0.6) is 0 Å². The van der Waals surface area contributed by atoms with Gasteiger partial charge in [0.2, 0.25) is 10.0 Å². The first-order valence-corrected chi connectivity index (χ1v) is 9.17. The minimum absolute atomic E-state index is 0.0518. The van der Waals surface area contributed by atoms with Crippen LogP contribution in [-0.4, -0.2) is 32.8 Å². The SMILES string of the molecule is CC(CCc1ccccc1)NC(=O)NCCCCS(N)(=O)=O. The molecule has 4 N–H and O–H groups in total. The van der Waals surface area contributed by atoms with E-state index in [4.69, 9.17) is 5.14 Å². The third-order valence-corrected chi connectivity index (χ3v) is 4.09. The average molecular weight is 327 g/mol. The Bertz CT molecular complexity index is 546. The predicted octanol–water partition coefficient (Wildman–Crippen LogP) is 1.38. The summed E-state index contributed by atoms with van der Waals surface area (Å²) in [6.07, 6.45) is 2.81. The highest BCUT2D eigenvalue weighted by Crippen LogP contribution is 2.04. The maximum absolute atomic E-state index is 11.7. The van der Waals surface area contributed by atoms with E-state index in [-0.39, 0.29) is 17.8 Å². The number of aryl methyl sites for hydroxylation is 1. The Balaban J connectivity index is 2.11. The summed E-state index contributed by atoms with van der Waals surface area (Å²) in [4.78, 5) is 11.7. The van der Waals surface area contributed by atoms with Gasteiger partial charge in [-0.15, -0.1) is 0 Å². The molecule has 0 radical (unpaired) electrons. The predicted molar refractivity (Wildman–Crippen MR) is 88.0 cm³/mol. The van der Waals surface area contributed by atoms with Crippen molar-refractivity contribution in [1.82, 2.24) is 10.6 Å². The molecule has 2 amide bonds. The highest BCUT2D eigenvalue weighted by Gasteiger charge is 2.07. The smallest absolute Gasteiger partial charge is 0.314 e. The number of benzene rings is 1. The fourth-order valence-corrected chi connectivity index (χ4v) is 2.61. The van der Waals surface area contributed by atoms with E-state index in [1.807, 2.05) is 25.1 Å². The molecule has 0 bridgehead atoms. The molecule has 0 saturated heterocycles. The third kappa shape index (κ3) is 9.36. The standard InChI is InChI=1S/C15H25N3O3S/c1-13(9-10-14-7-3-2-4-8-14)18-15(19)17-11-5-6-12-22(16,20)21/h2-4,7-8,13H,5-6,9-12H2,1H3,(H2,16,20,21)(H2,17,18,19). The van der Waals surface area contributed by atoms with Crippen LogP contribution in [0.15, 0.2) is 30.3 Å². The first kappa shape index (κ1) is 18.4. The van der Waals surface area contributed by atoms with Gasteiger partial charge in [0.25, 0.3) is 0 Å². The molecule has 0 spiro atoms. The van der Waals surface area contributed by atoms with Crippen LogP contribution in [0.25, 0.3) is 0 Å². The maximum Gasteiger partial charge on any atom is 0.314 e. The zero-order chi connectivity index (χ0) is 16.4. The Kier molecular flexibility index (Phi) is 7.90. The quantitative estimate of drug-likeness (QED) is 0.597. The molecule has 1 atom stereocenters. The highest BCUT2D eigenvalue weighted by atomic mass is 32.2. The number of nitrogens with one attached hydrogen (secondary N) is 2. The van der Waals surface area contributed by atoms with Crippen molar-refractivity contribution in [3.63, 3.8) is 0 Å². The summed E-state index contributed by atoms with van der Waals surface area (Å²) in [7, 11) is -3.41. The molecular formula is C15H25N3O3S. The van der Waals surface area contributed by atoms with Crippen molar-refractivity contribution < 1.29 is 13.2 Å². The molecule has 0 fully saturated rings. The largest absolute Gasteiger partial charge is 0.338 e. The van der Waals surface area contributed by atoms with E-state index in [1.54, 1.807) is 0 Å². The normalized spacial score (nSPS) is 12.6. The molecule has 0 aliphatic heterocycles. The summed E-state index contributed by atoms with van der Waals surface area (Å²) in [6.45, 7) is 2.40. The Hall–Kier alpha value is -1.60. The van der Waals surface area contributed by atoms with Gasteiger partial charge in [0.05, 0.1) is 5.75 Å². The number of urea groups is 1. The van der Waals surface area contributed by atoms with Gasteiger partial charge in [0.15, 0.2) is 0 Å². The number of nitrogens with two attached hydrogens (primary N) is 1. The highest BCUT2D eigenvalue weighted by molar-refractivity contribution is 7.89. The summed E-state index contributed by atoms with van der Waals surface area (Å²) < 4.78 is 21.5. The Morgan fingerprint density at radius 1 is 1.23 bits per heavy atom. The number of sulfonamides is 1. The first-order chi connectivity index (χ1) is 10.4. The van der Waals surface area contributed by atoms with Gasteiger partial charge < -0.3 is 10.6 Å². The first-order valence-electron chi connectivity index (χ1n) is 7.45. The van der Waals surface area contributed by atoms with E-state index in [0.29, 0.717) is 19.4 Å². The van der Waals surface area contributed by atoms with Crippen molar-refractivity contribution in [2.75, 3.05) is 12.3 Å². The maximum atomic E-state index is 11.7. The van der Waals surface area contributed by atoms with Crippen molar-refractivity contribution in [2.24, 2.45) is 5.14 Å². The number of primary sulfonamides is 1. The summed E-state index contributed by atoms with van der Waals surface area (Å²) in [5.74, 6) is -0.0518. The summed E-state index contributed by atoms with van der Waals surface area (Å²) in [5, 5.41) is 10.5. The fourth-order valence-electron chi connectivity index (χ4n) is 2.01. The Morgan fingerprint density at radius 3 is 2.55 bits per heavy atom. The minimum atomic E-state index is -3.41. The van der Waals surface area contributed by atoms with Crippen molar-refractivity contribution in [3.8, 4) is 0 Å². The molecule has 1 unspecified atom stereocenters. The monoisotopic (exact) mass is 327 g/mol. The second-order valence-corrected chi connectivity index (χ2v) is 7.13. The van der Waals surface area contributed by atoms with Crippen LogP contribution in [0.4, 0.5) is 4.79 Å². The van der Waals surface area contributed by atoms with E-state index in [1.165, 1.54) is 5.56 Å². The number of amides is 2. The molecule has 0 aromatic heterocycles. The van der Waals surface area contributed by atoms with Gasteiger partial charge in [0.1, 0.15) is 0 Å². The summed E-state index contributed by atoms with van der Waals surface area (Å²) >= 11 is 0. The van der Waals surface area contributed by atoms with Crippen molar-refractivity contribution in [2.45, 2.75) is 38.6 Å². The van der Waals surface area contributed by atoms with Crippen LogP contribution in [-0.2, 0) is 16.4 Å². The molecule has 1 rings (SSSR count). The molecule has 0 aliphatic carbocycles. The molecular weight excluding hydrogens is 302 g/mol. The number of hydrogen-bond donors (Lipinski definition) is 3. The lowest BCUT2D eigenvalue weighted by Gasteiger charge is -2.14. The number of unbranched alkanes of at least 4 members (excludes halogenated alkanes) is 1. The summed E-state index contributed by atoms with van der Waals surface area (Å²) in [5.41, 5.74) is 1.25. The van der Waals surface area contributed by atoms with Gasteiger partial charge in [-0.2, -0.15) is 0 Å². The second kappa shape index (κ2) is 9.42. The molecule has 0 saturated carbocycles. The van der Waals surface area contributed by atoms with Crippen LogP contribution in [0.1, 0.15) is 31.7 Å². The fraction of sp³-hybridized carbons (Fsp3) is 0.533. The van der Waals surface area contributed by atoms with E-state index in [0.717, 1.165) is 12.8 Å². The molecule has 7 heteroatoms. The Morgan fingerprint density at radius 2 is 1.91 bits per heavy atom. The number of hydrogen-bond acceptors (Lipinski definition) is 3. The van der Waals surface area contributed by atoms with Crippen LogP contribution >= 0.6 is 0 Å². The van der Waals surface area contributed by atoms with Crippen molar-refractivity contribution in [1.29, 1.82) is 0 Å². The molecule has 22 heavy (non-hydrogen) atoms. The average Bonchev–Trinajstić information content (AvgIpc) is 2.44. The van der Waals surface area contributed by atoms with Gasteiger partial charge in [-0.25, -0.2) is 18.4 Å². The van der Waals surface area contributed by atoms with Crippen LogP contribution in [0, 0.1) is 0 Å². The topological polar surface area (TPSA) is 101 Å². The number of rotatable bonds is 9. The second-order valence-electron chi connectivity index (χ2n) is 5.40. The molecule has 124 valence electrons. The van der Waals surface area contributed by atoms with E-state index in [2.05, 4.69) is 22.8 Å². The molecule has 6 nitrogen and oxygen atoms in total. The molecule has 1 aromatic carbocycles. The minimum Gasteiger partial charge on any atom is -0.338 e. The van der Waals surface area contributed by atoms with Gasteiger partial charge in [-0.1, -0.05) is 30.3 Å². The van der Waals surface area contributed by atoms with Crippen LogP contribution in [0.3, 0.4) is 0 Å². The lowest BCUT2D eigenvalue weighted by molar-refractivity contribution is 0.237. The molecule has 1 aromatic rings. The zero-order valence-electron chi connectivity index (χ0n) is 12.9. The number of carbonyl (C=O) groups is 1. The van der Waals surface area contributed by atoms with E-state index >= 15 is 0 Å². The summed E-state index contributed by atoms with van der Waals surface area (Å²) in [6, 6.07) is 9.97. The van der Waals surface area contributed by atoms with Gasteiger partial charge in [-0.05, 0) is 38.2 Å². The number of carbonyl (C=O) groups excluding carboxylic acids is 1. The lowest BCUT2D eigenvalue weighted by atomic mass is 10.1. The van der Waals surface area contributed by atoms with Gasteiger partial charge >= 0.3 is 6.03 Å². The van der Waals surface area contributed by atoms with E-state index < -0.39 is 10.0 Å². The zero-order valence-corrected chi connectivity index (χ0v) is 13.7. The third-order valence-electron chi connectivity index (χ3n) is 3.23. The van der Waals surface area contributed by atoms with Gasteiger partial charge in [-0.3, -0.25) is 0 Å². The van der Waals surface area contributed by atoms with Crippen LogP contribution in [0.2, 0.25) is 0 Å². The van der Waals surface area contributed by atoms with Crippen LogP contribution < -0.4 is 15.8 Å².